The Labute approximate surface area is 100 Å². The maximum Gasteiger partial charge on any atom is 0.267 e. The van der Waals surface area contributed by atoms with E-state index in [9.17, 15) is 4.79 Å². The summed E-state index contributed by atoms with van der Waals surface area (Å²) in [5.41, 5.74) is 0.439. The van der Waals surface area contributed by atoms with Crippen molar-refractivity contribution in [3.63, 3.8) is 0 Å². The summed E-state index contributed by atoms with van der Waals surface area (Å²) in [6.45, 7) is 4.07. The fraction of sp³-hybridized carbons (Fsp3) is 0.545. The summed E-state index contributed by atoms with van der Waals surface area (Å²) in [6, 6.07) is 1.55. The molecule has 0 saturated heterocycles. The van der Waals surface area contributed by atoms with Crippen LogP contribution in [0, 0.1) is 5.92 Å². The first-order valence-corrected chi connectivity index (χ1v) is 5.68. The van der Waals surface area contributed by atoms with Gasteiger partial charge >= 0.3 is 0 Å². The van der Waals surface area contributed by atoms with Gasteiger partial charge in [0.25, 0.3) is 5.91 Å². The molecule has 1 amide bonds. The Morgan fingerprint density at radius 1 is 1.62 bits per heavy atom. The first-order valence-electron chi connectivity index (χ1n) is 5.30. The van der Waals surface area contributed by atoms with Gasteiger partial charge < -0.3 is 15.4 Å². The number of aliphatic hydroxyl groups is 1. The van der Waals surface area contributed by atoms with E-state index in [0.29, 0.717) is 17.1 Å². The van der Waals surface area contributed by atoms with E-state index in [1.165, 1.54) is 0 Å². The molecule has 0 aliphatic rings. The highest BCUT2D eigenvalue weighted by Crippen LogP contribution is 2.11. The molecule has 5 heteroatoms. The Morgan fingerprint density at radius 2 is 2.31 bits per heavy atom. The van der Waals surface area contributed by atoms with Gasteiger partial charge in [-0.25, -0.2) is 0 Å². The average molecular weight is 245 g/mol. The van der Waals surface area contributed by atoms with Crippen LogP contribution in [0.3, 0.4) is 0 Å². The molecule has 16 heavy (non-hydrogen) atoms. The quantitative estimate of drug-likeness (QED) is 0.740. The van der Waals surface area contributed by atoms with Crippen molar-refractivity contribution in [2.24, 2.45) is 5.92 Å². The molecule has 0 saturated carbocycles. The minimum Gasteiger partial charge on any atom is -0.396 e. The van der Waals surface area contributed by atoms with Gasteiger partial charge in [-0.3, -0.25) is 4.79 Å². The zero-order valence-electron chi connectivity index (χ0n) is 9.46. The van der Waals surface area contributed by atoms with Gasteiger partial charge in [-0.1, -0.05) is 25.4 Å². The van der Waals surface area contributed by atoms with Crippen molar-refractivity contribution >= 4 is 17.5 Å². The van der Waals surface area contributed by atoms with Crippen LogP contribution < -0.4 is 5.32 Å². The summed E-state index contributed by atoms with van der Waals surface area (Å²) in [7, 11) is 0. The molecular weight excluding hydrogens is 228 g/mol. The number of carbonyl (C=O) groups excluding carboxylic acids is 1. The Bertz CT molecular complexity index is 350. The van der Waals surface area contributed by atoms with Crippen LogP contribution in [-0.4, -0.2) is 28.6 Å². The van der Waals surface area contributed by atoms with Crippen LogP contribution in [0.25, 0.3) is 0 Å². The third-order valence-electron chi connectivity index (χ3n) is 2.45. The van der Waals surface area contributed by atoms with Crippen molar-refractivity contribution in [3.05, 3.63) is 23.0 Å². The van der Waals surface area contributed by atoms with Crippen LogP contribution in [0.5, 0.6) is 0 Å². The fourth-order valence-electron chi connectivity index (χ4n) is 1.46. The minimum absolute atomic E-state index is 0.0282. The van der Waals surface area contributed by atoms with Crippen LogP contribution >= 0.6 is 11.6 Å². The standard InChI is InChI=1S/C11H17ClN2O2/c1-7(2)9(3-4-15)14-11(16)10-5-8(12)6-13-10/h5-7,9,13,15H,3-4H2,1-2H3,(H,14,16). The first kappa shape index (κ1) is 13.1. The highest BCUT2D eigenvalue weighted by atomic mass is 35.5. The molecule has 1 unspecified atom stereocenters. The summed E-state index contributed by atoms with van der Waals surface area (Å²) >= 11 is 5.71. The molecule has 0 aliphatic heterocycles. The average Bonchev–Trinajstić information content (AvgIpc) is 2.64. The molecule has 1 aromatic rings. The third-order valence-corrected chi connectivity index (χ3v) is 2.67. The summed E-state index contributed by atoms with van der Waals surface area (Å²) in [4.78, 5) is 14.6. The number of aromatic amines is 1. The van der Waals surface area contributed by atoms with Crippen LogP contribution in [0.1, 0.15) is 30.8 Å². The minimum atomic E-state index is -0.195. The van der Waals surface area contributed by atoms with Gasteiger partial charge in [0.15, 0.2) is 0 Å². The van der Waals surface area contributed by atoms with Crippen LogP contribution in [0.2, 0.25) is 5.02 Å². The SMILES string of the molecule is CC(C)C(CCO)NC(=O)c1cc(Cl)c[nH]1. The molecule has 0 radical (unpaired) electrons. The molecule has 3 N–H and O–H groups in total. The van der Waals surface area contributed by atoms with Crippen molar-refractivity contribution in [1.82, 2.24) is 10.3 Å². The van der Waals surface area contributed by atoms with Gasteiger partial charge in [0, 0.05) is 18.8 Å². The number of nitrogens with one attached hydrogen (secondary N) is 2. The lowest BCUT2D eigenvalue weighted by atomic mass is 10.0. The van der Waals surface area contributed by atoms with Gasteiger partial charge in [0.2, 0.25) is 0 Å². The maximum absolute atomic E-state index is 11.8. The van der Waals surface area contributed by atoms with Crippen LogP contribution in [0.15, 0.2) is 12.3 Å². The van der Waals surface area contributed by atoms with Gasteiger partial charge in [0.05, 0.1) is 5.02 Å². The van der Waals surface area contributed by atoms with E-state index in [1.54, 1.807) is 12.3 Å². The number of aliphatic hydroxyl groups excluding tert-OH is 1. The number of amides is 1. The van der Waals surface area contributed by atoms with E-state index in [0.717, 1.165) is 0 Å². The molecule has 90 valence electrons. The largest absolute Gasteiger partial charge is 0.396 e. The fourth-order valence-corrected chi connectivity index (χ4v) is 1.62. The van der Waals surface area contributed by atoms with Crippen molar-refractivity contribution < 1.29 is 9.90 Å². The number of aromatic nitrogens is 1. The van der Waals surface area contributed by atoms with Crippen LogP contribution in [-0.2, 0) is 0 Å². The maximum atomic E-state index is 11.8. The zero-order valence-corrected chi connectivity index (χ0v) is 10.2. The van der Waals surface area contributed by atoms with Crippen LogP contribution in [0.4, 0.5) is 0 Å². The number of rotatable bonds is 5. The lowest BCUT2D eigenvalue weighted by molar-refractivity contribution is 0.0912. The van der Waals surface area contributed by atoms with Gasteiger partial charge in [0.1, 0.15) is 5.69 Å². The highest BCUT2D eigenvalue weighted by molar-refractivity contribution is 6.30. The van der Waals surface area contributed by atoms with E-state index in [2.05, 4.69) is 10.3 Å². The number of hydrogen-bond acceptors (Lipinski definition) is 2. The van der Waals surface area contributed by atoms with E-state index >= 15 is 0 Å². The van der Waals surface area contributed by atoms with Crippen molar-refractivity contribution in [1.29, 1.82) is 0 Å². The Morgan fingerprint density at radius 3 is 2.75 bits per heavy atom. The number of hydrogen-bond donors (Lipinski definition) is 3. The predicted octanol–water partition coefficient (Wildman–Crippen LogP) is 1.80. The second-order valence-corrected chi connectivity index (χ2v) is 4.50. The monoisotopic (exact) mass is 244 g/mol. The summed E-state index contributed by atoms with van der Waals surface area (Å²) in [5, 5.41) is 12.3. The van der Waals surface area contributed by atoms with Crippen molar-refractivity contribution in [3.8, 4) is 0 Å². The van der Waals surface area contributed by atoms with Crippen molar-refractivity contribution in [2.45, 2.75) is 26.3 Å². The topological polar surface area (TPSA) is 65.1 Å². The van der Waals surface area contributed by atoms with Gasteiger partial charge in [-0.2, -0.15) is 0 Å². The molecule has 1 rings (SSSR count). The molecule has 0 bridgehead atoms. The van der Waals surface area contributed by atoms with E-state index in [4.69, 9.17) is 16.7 Å². The molecular formula is C11H17ClN2O2. The zero-order chi connectivity index (χ0) is 12.1. The molecule has 1 heterocycles. The summed E-state index contributed by atoms with van der Waals surface area (Å²) < 4.78 is 0. The lowest BCUT2D eigenvalue weighted by Crippen LogP contribution is -2.39. The molecule has 0 aliphatic carbocycles. The van der Waals surface area contributed by atoms with E-state index < -0.39 is 0 Å². The third kappa shape index (κ3) is 3.54. The molecule has 1 atom stereocenters. The Hall–Kier alpha value is -1.00. The first-order chi connectivity index (χ1) is 7.54. The number of H-pyrrole nitrogens is 1. The van der Waals surface area contributed by atoms with E-state index in [-0.39, 0.29) is 24.5 Å². The Kier molecular flexibility index (Phi) is 4.83. The predicted molar refractivity (Wildman–Crippen MR) is 63.6 cm³/mol. The van der Waals surface area contributed by atoms with Gasteiger partial charge in [-0.05, 0) is 18.4 Å². The summed E-state index contributed by atoms with van der Waals surface area (Å²) in [6.07, 6.45) is 2.12. The van der Waals surface area contributed by atoms with E-state index in [1.807, 2.05) is 13.8 Å². The molecule has 0 spiro atoms. The van der Waals surface area contributed by atoms with Crippen molar-refractivity contribution in [2.75, 3.05) is 6.61 Å². The van der Waals surface area contributed by atoms with Gasteiger partial charge in [-0.15, -0.1) is 0 Å². The number of halogens is 1. The molecule has 1 aromatic heterocycles. The second kappa shape index (κ2) is 5.92. The lowest BCUT2D eigenvalue weighted by Gasteiger charge is -2.21. The normalized spacial score (nSPS) is 12.8. The Balaban J connectivity index is 2.61. The highest BCUT2D eigenvalue weighted by Gasteiger charge is 2.17. The number of carbonyl (C=O) groups is 1. The smallest absolute Gasteiger partial charge is 0.267 e. The second-order valence-electron chi connectivity index (χ2n) is 4.07. The molecule has 0 aromatic carbocycles. The molecule has 0 fully saturated rings. The summed E-state index contributed by atoms with van der Waals surface area (Å²) in [5.74, 6) is 0.0839. The molecule has 4 nitrogen and oxygen atoms in total.